The first kappa shape index (κ1) is 32.1. The number of nitrogens with one attached hydrogen (secondary N) is 1. The van der Waals surface area contributed by atoms with Crippen LogP contribution in [0.15, 0.2) is 82.2 Å². The second-order valence-corrected chi connectivity index (χ2v) is 12.7. The lowest BCUT2D eigenvalue weighted by Gasteiger charge is -2.32. The Bertz CT molecular complexity index is 1430. The standard InChI is InChI=1S/C31H38BrN3O5S/c1-6-23(4)33-31(37)24(5)34(20-25-10-8-9-22(3)19-25)30(36)21-35(27-13-15-28(16-14-27)40-7-2)41(38,39)29-17-11-26(32)12-18-29/h8-19,23-24H,6-7,20-21H2,1-5H3,(H,33,37)/t23-,24-/m1/s1. The minimum atomic E-state index is -4.15. The molecule has 41 heavy (non-hydrogen) atoms. The number of sulfonamides is 1. The van der Waals surface area contributed by atoms with E-state index in [0.717, 1.165) is 26.3 Å². The maximum Gasteiger partial charge on any atom is 0.264 e. The van der Waals surface area contributed by atoms with Crippen LogP contribution in [0.2, 0.25) is 0 Å². The molecule has 0 aliphatic heterocycles. The van der Waals surface area contributed by atoms with E-state index in [-0.39, 0.29) is 23.4 Å². The number of nitrogens with zero attached hydrogens (tertiary/aromatic N) is 2. The molecule has 2 atom stereocenters. The molecule has 0 fully saturated rings. The number of hydrogen-bond donors (Lipinski definition) is 1. The highest BCUT2D eigenvalue weighted by atomic mass is 79.9. The molecule has 3 aromatic carbocycles. The van der Waals surface area contributed by atoms with Crippen LogP contribution >= 0.6 is 15.9 Å². The number of amides is 2. The topological polar surface area (TPSA) is 96.0 Å². The summed E-state index contributed by atoms with van der Waals surface area (Å²) < 4.78 is 35.2. The molecule has 2 amide bonds. The molecule has 1 N–H and O–H groups in total. The van der Waals surface area contributed by atoms with Crippen LogP contribution in [0.5, 0.6) is 5.75 Å². The molecule has 0 aromatic heterocycles. The molecule has 0 unspecified atom stereocenters. The largest absolute Gasteiger partial charge is 0.494 e. The number of hydrogen-bond acceptors (Lipinski definition) is 5. The van der Waals surface area contributed by atoms with E-state index in [1.807, 2.05) is 52.0 Å². The van der Waals surface area contributed by atoms with Gasteiger partial charge in [-0.25, -0.2) is 8.42 Å². The Balaban J connectivity index is 2.03. The molecule has 0 saturated heterocycles. The number of aryl methyl sites for hydroxylation is 1. The van der Waals surface area contributed by atoms with Gasteiger partial charge in [-0.05, 0) is 88.2 Å². The van der Waals surface area contributed by atoms with Gasteiger partial charge in [0, 0.05) is 17.1 Å². The van der Waals surface area contributed by atoms with Crippen LogP contribution in [-0.4, -0.2) is 50.4 Å². The molecule has 8 nitrogen and oxygen atoms in total. The van der Waals surface area contributed by atoms with Gasteiger partial charge in [0.1, 0.15) is 18.3 Å². The first-order valence-electron chi connectivity index (χ1n) is 13.6. The number of anilines is 1. The van der Waals surface area contributed by atoms with Crippen LogP contribution in [0, 0.1) is 6.92 Å². The highest BCUT2D eigenvalue weighted by Gasteiger charge is 2.32. The average Bonchev–Trinajstić information content (AvgIpc) is 2.95. The third kappa shape index (κ3) is 8.56. The third-order valence-corrected chi connectivity index (χ3v) is 9.04. The predicted molar refractivity (Wildman–Crippen MR) is 165 cm³/mol. The summed E-state index contributed by atoms with van der Waals surface area (Å²) in [7, 11) is -4.15. The fourth-order valence-corrected chi connectivity index (χ4v) is 5.87. The smallest absolute Gasteiger partial charge is 0.264 e. The Kier molecular flexibility index (Phi) is 11.4. The zero-order valence-corrected chi connectivity index (χ0v) is 26.5. The van der Waals surface area contributed by atoms with Gasteiger partial charge in [-0.15, -0.1) is 0 Å². The van der Waals surface area contributed by atoms with Crippen molar-refractivity contribution in [3.05, 3.63) is 88.4 Å². The van der Waals surface area contributed by atoms with E-state index >= 15 is 0 Å². The molecule has 0 spiro atoms. The normalized spacial score (nSPS) is 12.7. The summed E-state index contributed by atoms with van der Waals surface area (Å²) in [6.45, 7) is 9.44. The van der Waals surface area contributed by atoms with E-state index in [9.17, 15) is 18.0 Å². The van der Waals surface area contributed by atoms with Gasteiger partial charge in [0.2, 0.25) is 11.8 Å². The number of halogens is 1. The predicted octanol–water partition coefficient (Wildman–Crippen LogP) is 5.68. The Labute approximate surface area is 251 Å². The molecule has 0 bridgehead atoms. The van der Waals surface area contributed by atoms with Crippen molar-refractivity contribution >= 4 is 43.5 Å². The second kappa shape index (κ2) is 14.5. The summed E-state index contributed by atoms with van der Waals surface area (Å²) in [4.78, 5) is 28.7. The third-order valence-electron chi connectivity index (χ3n) is 6.72. The number of carbonyl (C=O) groups excluding carboxylic acids is 2. The van der Waals surface area contributed by atoms with Crippen molar-refractivity contribution in [3.8, 4) is 5.75 Å². The summed E-state index contributed by atoms with van der Waals surface area (Å²) >= 11 is 3.34. The van der Waals surface area contributed by atoms with Crippen LogP contribution in [0.4, 0.5) is 5.69 Å². The van der Waals surface area contributed by atoms with E-state index in [1.54, 1.807) is 43.3 Å². The van der Waals surface area contributed by atoms with Crippen molar-refractivity contribution in [2.45, 2.75) is 64.6 Å². The molecule has 0 aliphatic carbocycles. The van der Waals surface area contributed by atoms with Crippen LogP contribution < -0.4 is 14.4 Å². The lowest BCUT2D eigenvalue weighted by Crippen LogP contribution is -2.52. The van der Waals surface area contributed by atoms with E-state index < -0.39 is 28.5 Å². The number of rotatable bonds is 13. The van der Waals surface area contributed by atoms with E-state index in [1.165, 1.54) is 17.0 Å². The van der Waals surface area contributed by atoms with Gasteiger partial charge in [0.05, 0.1) is 17.2 Å². The Hall–Kier alpha value is -3.37. The Morgan fingerprint density at radius 2 is 1.63 bits per heavy atom. The Morgan fingerprint density at radius 1 is 0.976 bits per heavy atom. The maximum absolute atomic E-state index is 14.0. The minimum absolute atomic E-state index is 0.0372. The molecule has 0 aliphatic rings. The van der Waals surface area contributed by atoms with Gasteiger partial charge >= 0.3 is 0 Å². The van der Waals surface area contributed by atoms with Crippen LogP contribution in [0.3, 0.4) is 0 Å². The summed E-state index contributed by atoms with van der Waals surface area (Å²) in [5.41, 5.74) is 2.15. The van der Waals surface area contributed by atoms with Crippen molar-refractivity contribution in [2.24, 2.45) is 0 Å². The molecular formula is C31H38BrN3O5S. The first-order valence-corrected chi connectivity index (χ1v) is 15.9. The minimum Gasteiger partial charge on any atom is -0.494 e. The highest BCUT2D eigenvalue weighted by molar-refractivity contribution is 9.10. The van der Waals surface area contributed by atoms with Gasteiger partial charge in [-0.1, -0.05) is 52.7 Å². The van der Waals surface area contributed by atoms with Crippen molar-refractivity contribution in [3.63, 3.8) is 0 Å². The Morgan fingerprint density at radius 3 is 2.22 bits per heavy atom. The van der Waals surface area contributed by atoms with Gasteiger partial charge in [0.15, 0.2) is 0 Å². The van der Waals surface area contributed by atoms with Crippen molar-refractivity contribution in [2.75, 3.05) is 17.5 Å². The molecule has 0 heterocycles. The van der Waals surface area contributed by atoms with Gasteiger partial charge < -0.3 is 15.0 Å². The van der Waals surface area contributed by atoms with Gasteiger partial charge in [-0.3, -0.25) is 13.9 Å². The van der Waals surface area contributed by atoms with Crippen LogP contribution in [0.1, 0.15) is 45.2 Å². The summed E-state index contributed by atoms with van der Waals surface area (Å²) in [5.74, 6) is -0.225. The zero-order valence-electron chi connectivity index (χ0n) is 24.1. The fraction of sp³-hybridized carbons (Fsp3) is 0.355. The zero-order chi connectivity index (χ0) is 30.2. The second-order valence-electron chi connectivity index (χ2n) is 9.90. The van der Waals surface area contributed by atoms with Gasteiger partial charge in [-0.2, -0.15) is 0 Å². The highest BCUT2D eigenvalue weighted by Crippen LogP contribution is 2.27. The molecule has 220 valence electrons. The van der Waals surface area contributed by atoms with Crippen molar-refractivity contribution in [1.82, 2.24) is 10.2 Å². The lowest BCUT2D eigenvalue weighted by molar-refractivity contribution is -0.139. The molecule has 3 aromatic rings. The molecule has 0 radical (unpaired) electrons. The van der Waals surface area contributed by atoms with Crippen LogP contribution in [0.25, 0.3) is 0 Å². The lowest BCUT2D eigenvalue weighted by atomic mass is 10.1. The molecule has 0 saturated carbocycles. The molecule has 3 rings (SSSR count). The van der Waals surface area contributed by atoms with Crippen molar-refractivity contribution in [1.29, 1.82) is 0 Å². The van der Waals surface area contributed by atoms with E-state index in [0.29, 0.717) is 18.0 Å². The quantitative estimate of drug-likeness (QED) is 0.258. The molecular weight excluding hydrogens is 606 g/mol. The maximum atomic E-state index is 14.0. The van der Waals surface area contributed by atoms with E-state index in [4.69, 9.17) is 4.74 Å². The number of benzene rings is 3. The number of ether oxygens (including phenoxy) is 1. The summed E-state index contributed by atoms with van der Waals surface area (Å²) in [6.07, 6.45) is 0.737. The van der Waals surface area contributed by atoms with Crippen molar-refractivity contribution < 1.29 is 22.7 Å². The fourth-order valence-electron chi connectivity index (χ4n) is 4.19. The SMILES string of the molecule is CCOc1ccc(N(CC(=O)N(Cc2cccc(C)c2)[C@H](C)C(=O)N[C@H](C)CC)S(=O)(=O)c2ccc(Br)cc2)cc1. The monoisotopic (exact) mass is 643 g/mol. The number of carbonyl (C=O) groups is 2. The summed E-state index contributed by atoms with van der Waals surface area (Å²) in [5, 5.41) is 2.94. The van der Waals surface area contributed by atoms with E-state index in [2.05, 4.69) is 21.2 Å². The average molecular weight is 645 g/mol. The van der Waals surface area contributed by atoms with Crippen LogP contribution in [-0.2, 0) is 26.2 Å². The molecule has 10 heteroatoms. The summed E-state index contributed by atoms with van der Waals surface area (Å²) in [6, 6.07) is 19.6. The van der Waals surface area contributed by atoms with Gasteiger partial charge in [0.25, 0.3) is 10.0 Å². The first-order chi connectivity index (χ1) is 19.5.